The van der Waals surface area contributed by atoms with Gasteiger partial charge in [-0.1, -0.05) is 62.6 Å². The number of benzene rings is 3. The predicted octanol–water partition coefficient (Wildman–Crippen LogP) is 5.52. The molecule has 2 amide bonds. The van der Waals surface area contributed by atoms with Gasteiger partial charge < -0.3 is 10.1 Å². The number of nitrogens with one attached hydrogen (secondary N) is 2. The van der Waals surface area contributed by atoms with E-state index in [0.29, 0.717) is 23.4 Å². The average Bonchev–Trinajstić information content (AvgIpc) is 2.82. The van der Waals surface area contributed by atoms with Gasteiger partial charge in [-0.2, -0.15) is 5.10 Å². The molecule has 0 radical (unpaired) electrons. The molecule has 0 spiro atoms. The first-order valence-electron chi connectivity index (χ1n) is 10.9. The van der Waals surface area contributed by atoms with Crippen LogP contribution >= 0.6 is 0 Å². The summed E-state index contributed by atoms with van der Waals surface area (Å²) in [5, 5.41) is 9.03. The van der Waals surface area contributed by atoms with Crippen LogP contribution in [0.3, 0.4) is 0 Å². The highest BCUT2D eigenvalue weighted by Crippen LogP contribution is 2.26. The fourth-order valence-corrected chi connectivity index (χ4v) is 3.48. The molecule has 0 unspecified atom stereocenters. The topological polar surface area (TPSA) is 79.8 Å². The van der Waals surface area contributed by atoms with Gasteiger partial charge >= 0.3 is 0 Å². The van der Waals surface area contributed by atoms with Crippen LogP contribution in [-0.4, -0.2) is 25.1 Å². The number of hydrazone groups is 1. The molecule has 0 saturated carbocycles. The maximum atomic E-state index is 12.6. The van der Waals surface area contributed by atoms with Crippen molar-refractivity contribution in [3.05, 3.63) is 71.8 Å². The Balaban J connectivity index is 1.65. The molecule has 0 heterocycles. The van der Waals surface area contributed by atoms with Gasteiger partial charge in [-0.3, -0.25) is 9.59 Å². The molecule has 3 aromatic rings. The van der Waals surface area contributed by atoms with Crippen molar-refractivity contribution in [1.82, 2.24) is 5.43 Å². The van der Waals surface area contributed by atoms with Crippen LogP contribution < -0.4 is 15.5 Å². The fraction of sp³-hybridized carbons (Fsp3) is 0.269. The predicted molar refractivity (Wildman–Crippen MR) is 129 cm³/mol. The van der Waals surface area contributed by atoms with Crippen molar-refractivity contribution in [3.63, 3.8) is 0 Å². The Morgan fingerprint density at radius 1 is 1.00 bits per heavy atom. The standard InChI is InChI=1S/C26H29N3O3/c1-3-4-5-6-14-25(30)28-21-12-9-11-20(17-21)26(31)29-27-18-23-22-13-8-7-10-19(22)15-16-24(23)32-2/h7-13,15-18H,3-6,14H2,1-2H3,(H,28,30)(H,29,31)/b27-18+. The molecular weight excluding hydrogens is 402 g/mol. The number of carbonyl (C=O) groups is 2. The lowest BCUT2D eigenvalue weighted by Crippen LogP contribution is -2.18. The van der Waals surface area contributed by atoms with Gasteiger partial charge in [0, 0.05) is 23.2 Å². The summed E-state index contributed by atoms with van der Waals surface area (Å²) in [5.41, 5.74) is 4.35. The summed E-state index contributed by atoms with van der Waals surface area (Å²) in [6, 6.07) is 18.6. The van der Waals surface area contributed by atoms with Crippen LogP contribution in [0.5, 0.6) is 5.75 Å². The van der Waals surface area contributed by atoms with Crippen LogP contribution in [0.15, 0.2) is 65.8 Å². The Kier molecular flexibility index (Phi) is 8.37. The maximum absolute atomic E-state index is 12.6. The molecule has 6 heteroatoms. The Morgan fingerprint density at radius 3 is 2.66 bits per heavy atom. The van der Waals surface area contributed by atoms with Crippen LogP contribution in [0, 0.1) is 0 Å². The first-order chi connectivity index (χ1) is 15.6. The van der Waals surface area contributed by atoms with Crippen molar-refractivity contribution in [2.75, 3.05) is 12.4 Å². The molecule has 0 aliphatic carbocycles. The summed E-state index contributed by atoms with van der Waals surface area (Å²) < 4.78 is 5.45. The van der Waals surface area contributed by atoms with Crippen LogP contribution in [0.4, 0.5) is 5.69 Å². The SMILES string of the molecule is CCCCCCC(=O)Nc1cccc(C(=O)N/N=C/c2c(OC)ccc3ccccc23)c1. The molecule has 0 bridgehead atoms. The van der Waals surface area contributed by atoms with Crippen LogP contribution in [-0.2, 0) is 4.79 Å². The number of ether oxygens (including phenoxy) is 1. The van der Waals surface area contributed by atoms with Crippen LogP contribution in [0.25, 0.3) is 10.8 Å². The number of carbonyl (C=O) groups excluding carboxylic acids is 2. The third kappa shape index (κ3) is 6.17. The molecule has 32 heavy (non-hydrogen) atoms. The normalized spacial score (nSPS) is 10.9. The largest absolute Gasteiger partial charge is 0.496 e. The van der Waals surface area contributed by atoms with E-state index in [1.807, 2.05) is 36.4 Å². The molecule has 0 aliphatic heterocycles. The molecule has 0 aromatic heterocycles. The zero-order chi connectivity index (χ0) is 22.8. The lowest BCUT2D eigenvalue weighted by atomic mass is 10.0. The van der Waals surface area contributed by atoms with E-state index in [-0.39, 0.29) is 11.8 Å². The van der Waals surface area contributed by atoms with Gasteiger partial charge in [0.1, 0.15) is 5.75 Å². The second-order valence-electron chi connectivity index (χ2n) is 7.54. The van der Waals surface area contributed by atoms with E-state index in [1.54, 1.807) is 37.6 Å². The Labute approximate surface area is 188 Å². The van der Waals surface area contributed by atoms with E-state index in [4.69, 9.17) is 4.74 Å². The van der Waals surface area contributed by atoms with E-state index in [9.17, 15) is 9.59 Å². The number of nitrogens with zero attached hydrogens (tertiary/aromatic N) is 1. The van der Waals surface area contributed by atoms with Crippen LogP contribution in [0.2, 0.25) is 0 Å². The molecule has 3 rings (SSSR count). The fourth-order valence-electron chi connectivity index (χ4n) is 3.48. The highest BCUT2D eigenvalue weighted by Gasteiger charge is 2.09. The summed E-state index contributed by atoms with van der Waals surface area (Å²) in [6.07, 6.45) is 6.25. The molecule has 2 N–H and O–H groups in total. The molecule has 6 nitrogen and oxygen atoms in total. The first-order valence-corrected chi connectivity index (χ1v) is 10.9. The van der Waals surface area contributed by atoms with Crippen molar-refractivity contribution in [2.45, 2.75) is 39.0 Å². The van der Waals surface area contributed by atoms with Gasteiger partial charge in [-0.15, -0.1) is 0 Å². The van der Waals surface area contributed by atoms with E-state index in [1.165, 1.54) is 0 Å². The molecule has 3 aromatic carbocycles. The van der Waals surface area contributed by atoms with Crippen molar-refractivity contribution >= 4 is 34.5 Å². The molecular formula is C26H29N3O3. The first kappa shape index (κ1) is 23.0. The molecule has 0 atom stereocenters. The number of methoxy groups -OCH3 is 1. The second-order valence-corrected chi connectivity index (χ2v) is 7.54. The minimum absolute atomic E-state index is 0.0419. The van der Waals surface area contributed by atoms with E-state index in [0.717, 1.165) is 42.0 Å². The van der Waals surface area contributed by atoms with Gasteiger partial charge in [0.25, 0.3) is 5.91 Å². The van der Waals surface area contributed by atoms with Crippen molar-refractivity contribution in [3.8, 4) is 5.75 Å². The highest BCUT2D eigenvalue weighted by atomic mass is 16.5. The summed E-state index contributed by atoms with van der Waals surface area (Å²) in [6.45, 7) is 2.14. The number of anilines is 1. The molecule has 0 saturated heterocycles. The minimum atomic E-state index is -0.362. The number of hydrogen-bond acceptors (Lipinski definition) is 4. The summed E-state index contributed by atoms with van der Waals surface area (Å²) in [5.74, 6) is 0.268. The van der Waals surface area contributed by atoms with Gasteiger partial charge in [0.05, 0.1) is 13.3 Å². The highest BCUT2D eigenvalue weighted by molar-refractivity contribution is 6.03. The Hall–Kier alpha value is -3.67. The maximum Gasteiger partial charge on any atom is 0.271 e. The van der Waals surface area contributed by atoms with Crippen molar-refractivity contribution in [2.24, 2.45) is 5.10 Å². The van der Waals surface area contributed by atoms with E-state index in [2.05, 4.69) is 22.8 Å². The second kappa shape index (κ2) is 11.6. The van der Waals surface area contributed by atoms with Crippen molar-refractivity contribution in [1.29, 1.82) is 0 Å². The molecule has 0 aliphatic rings. The van der Waals surface area contributed by atoms with E-state index < -0.39 is 0 Å². The lowest BCUT2D eigenvalue weighted by Gasteiger charge is -2.09. The Bertz CT molecular complexity index is 1110. The minimum Gasteiger partial charge on any atom is -0.496 e. The monoisotopic (exact) mass is 431 g/mol. The molecule has 0 fully saturated rings. The van der Waals surface area contributed by atoms with Crippen molar-refractivity contribution < 1.29 is 14.3 Å². The summed E-state index contributed by atoms with van der Waals surface area (Å²) in [7, 11) is 1.60. The van der Waals surface area contributed by atoms with Gasteiger partial charge in [0.15, 0.2) is 0 Å². The number of rotatable bonds is 10. The molecule has 166 valence electrons. The smallest absolute Gasteiger partial charge is 0.271 e. The zero-order valence-electron chi connectivity index (χ0n) is 18.6. The number of hydrogen-bond donors (Lipinski definition) is 2. The third-order valence-electron chi connectivity index (χ3n) is 5.18. The van der Waals surface area contributed by atoms with E-state index >= 15 is 0 Å². The Morgan fingerprint density at radius 2 is 1.84 bits per heavy atom. The number of fused-ring (bicyclic) bond motifs is 1. The van der Waals surface area contributed by atoms with Crippen LogP contribution in [0.1, 0.15) is 54.9 Å². The van der Waals surface area contributed by atoms with Gasteiger partial charge in [-0.25, -0.2) is 5.43 Å². The van der Waals surface area contributed by atoms with Gasteiger partial charge in [0.2, 0.25) is 5.91 Å². The average molecular weight is 432 g/mol. The van der Waals surface area contributed by atoms with Gasteiger partial charge in [-0.05, 0) is 41.5 Å². The quantitative estimate of drug-likeness (QED) is 0.252. The summed E-state index contributed by atoms with van der Waals surface area (Å²) in [4.78, 5) is 24.7. The zero-order valence-corrected chi connectivity index (χ0v) is 18.6. The summed E-state index contributed by atoms with van der Waals surface area (Å²) >= 11 is 0. The number of unbranched alkanes of at least 4 members (excludes halogenated alkanes) is 3. The number of amides is 2. The third-order valence-corrected chi connectivity index (χ3v) is 5.18. The lowest BCUT2D eigenvalue weighted by molar-refractivity contribution is -0.116.